The Kier molecular flexibility index (Phi) is 3.40. The minimum atomic E-state index is -2.40. The van der Waals surface area contributed by atoms with Crippen LogP contribution in [0.4, 0.5) is 2.86 Å². The number of benzene rings is 4. The molecule has 6 aliphatic heterocycles. The Labute approximate surface area is 228 Å². The van der Waals surface area contributed by atoms with Crippen LogP contribution in [0.15, 0.2) is 81.8 Å². The van der Waals surface area contributed by atoms with Crippen molar-refractivity contribution >= 4 is 104 Å². The quantitative estimate of drug-likeness (QED) is 0.160. The van der Waals surface area contributed by atoms with E-state index in [1.54, 1.807) is 0 Å². The Bertz CT molecular complexity index is 1970. The Morgan fingerprint density at radius 3 is 2.43 bits per heavy atom. The van der Waals surface area contributed by atoms with Crippen LogP contribution < -0.4 is 21.7 Å². The van der Waals surface area contributed by atoms with Gasteiger partial charge >= 0.3 is 229 Å². The summed E-state index contributed by atoms with van der Waals surface area (Å²) >= 11 is -1.57. The van der Waals surface area contributed by atoms with Gasteiger partial charge in [0, 0.05) is 0 Å². The third kappa shape index (κ3) is 1.89. The maximum atomic E-state index is 14.1. The molecule has 4 aromatic carbocycles. The molecule has 37 heavy (non-hydrogen) atoms. The molecule has 4 saturated heterocycles. The summed E-state index contributed by atoms with van der Waals surface area (Å²) in [5.74, 6) is 0. The molecular formula is C27H19B5FIN2P-. The van der Waals surface area contributed by atoms with Gasteiger partial charge in [-0.15, -0.1) is 0 Å². The van der Waals surface area contributed by atoms with Crippen LogP contribution in [-0.2, 0) is 5.41 Å². The number of aromatic nitrogens is 1. The van der Waals surface area contributed by atoms with E-state index in [0.717, 1.165) is 0 Å². The van der Waals surface area contributed by atoms with Crippen molar-refractivity contribution in [3.63, 3.8) is 0 Å². The summed E-state index contributed by atoms with van der Waals surface area (Å²) in [5.41, 5.74) is 10.9. The molecule has 2 radical (unpaired) electrons. The second-order valence-electron chi connectivity index (χ2n) is 12.3. The molecule has 0 saturated carbocycles. The Hall–Kier alpha value is -2.11. The van der Waals surface area contributed by atoms with E-state index in [1.165, 1.54) is 60.3 Å². The standard InChI is InChI=1S/C27H19B5FIN2P/c1-27(2)19-9-4-5-11-21(19)29-22-15-16(37(35-34-33)30-28-31(37)32(30)37)14-18-17-8-3-6-12-23(17)36(26(18)22)24-13-7-10-20(27)25(24)29/h3-15H,1-2H3/q-1. The van der Waals surface area contributed by atoms with Crippen LogP contribution in [-0.4, -0.2) is 37.0 Å². The second-order valence-corrected chi connectivity index (χ2v) is 18.9. The van der Waals surface area contributed by atoms with E-state index in [0.29, 0.717) is 18.6 Å². The topological polar surface area (TPSA) is 17.3 Å². The SMILES string of the molecule is CC1(C)c2ccccc2B2c3c(cccc31)-n1c3ccccc3c3cc(P45(N=IF)B6[B-]B4B65)cc2c31. The summed E-state index contributed by atoms with van der Waals surface area (Å²) in [5, 5.41) is 4.03. The molecule has 4 fully saturated rings. The van der Waals surface area contributed by atoms with Crippen molar-refractivity contribution in [1.29, 1.82) is 0 Å². The molecule has 0 N–H and O–H groups in total. The van der Waals surface area contributed by atoms with Gasteiger partial charge in [-0.05, 0) is 0 Å². The number of rotatable bonds is 2. The predicted octanol–water partition coefficient (Wildman–Crippen LogP) is 4.25. The van der Waals surface area contributed by atoms with Crippen molar-refractivity contribution in [3.05, 3.63) is 90.0 Å². The Balaban J connectivity index is 1.42. The fourth-order valence-corrected chi connectivity index (χ4v) is 20.6. The monoisotopic (exact) mass is 603 g/mol. The van der Waals surface area contributed by atoms with Gasteiger partial charge in [-0.3, -0.25) is 0 Å². The normalized spacial score (nSPS) is 22.5. The number of fused-ring (bicyclic) bond motifs is 7. The van der Waals surface area contributed by atoms with Crippen molar-refractivity contribution in [2.24, 2.45) is 2.92 Å². The van der Waals surface area contributed by atoms with Gasteiger partial charge in [0.1, 0.15) is 0 Å². The van der Waals surface area contributed by atoms with E-state index >= 15 is 0 Å². The molecule has 0 unspecified atom stereocenters. The van der Waals surface area contributed by atoms with Crippen molar-refractivity contribution in [3.8, 4) is 5.69 Å². The molecule has 11 rings (SSSR count). The summed E-state index contributed by atoms with van der Waals surface area (Å²) in [4.78, 5) is 0. The summed E-state index contributed by atoms with van der Waals surface area (Å²) in [6.45, 7) is 4.94. The molecule has 2 nitrogen and oxygen atoms in total. The summed E-state index contributed by atoms with van der Waals surface area (Å²) in [6.07, 6.45) is -0.575. The van der Waals surface area contributed by atoms with E-state index in [1.807, 2.05) is 0 Å². The van der Waals surface area contributed by atoms with Gasteiger partial charge in [0.25, 0.3) is 0 Å². The van der Waals surface area contributed by atoms with Gasteiger partial charge in [-0.1, -0.05) is 0 Å². The Morgan fingerprint density at radius 2 is 1.65 bits per heavy atom. The second kappa shape index (κ2) is 6.04. The molecule has 172 valence electrons. The molecule has 2 bridgehead atoms. The number of nitrogens with zero attached hydrogens (tertiary/aromatic N) is 2. The van der Waals surface area contributed by atoms with Gasteiger partial charge in [-0.25, -0.2) is 0 Å². The van der Waals surface area contributed by atoms with Gasteiger partial charge < -0.3 is 0 Å². The number of hydrogen-bond donors (Lipinski definition) is 0. The molecule has 1 aromatic heterocycles. The Morgan fingerprint density at radius 1 is 0.892 bits per heavy atom. The molecule has 5 aromatic rings. The van der Waals surface area contributed by atoms with Crippen LogP contribution in [0.5, 0.6) is 0 Å². The number of hydrogen-bond acceptors (Lipinski definition) is 1. The fourth-order valence-electron chi connectivity index (χ4n) is 9.05. The van der Waals surface area contributed by atoms with Crippen LogP contribution in [0.25, 0.3) is 27.5 Å². The van der Waals surface area contributed by atoms with Gasteiger partial charge in [-0.2, -0.15) is 0 Å². The molecular weight excluding hydrogens is 583 g/mol. The zero-order chi connectivity index (χ0) is 24.5. The van der Waals surface area contributed by atoms with Gasteiger partial charge in [0.15, 0.2) is 0 Å². The van der Waals surface area contributed by atoms with E-state index in [9.17, 15) is 2.86 Å². The molecule has 10 heteroatoms. The summed E-state index contributed by atoms with van der Waals surface area (Å²) < 4.78 is 21.6. The first-order valence-corrected chi connectivity index (χ1v) is 17.4. The van der Waals surface area contributed by atoms with E-state index in [2.05, 4.69) is 104 Å². The summed E-state index contributed by atoms with van der Waals surface area (Å²) in [6, 6.07) is 29.8. The van der Waals surface area contributed by atoms with Crippen LogP contribution in [0.1, 0.15) is 25.0 Å². The molecule has 7 heterocycles. The molecule has 0 atom stereocenters. The average molecular weight is 602 g/mol. The van der Waals surface area contributed by atoms with Crippen LogP contribution in [0.3, 0.4) is 0 Å². The zero-order valence-corrected chi connectivity index (χ0v) is 23.5. The minimum absolute atomic E-state index is 0.0770. The number of para-hydroxylation sites is 1. The number of halogens is 2. The van der Waals surface area contributed by atoms with E-state index < -0.39 is 28.0 Å². The van der Waals surface area contributed by atoms with Crippen LogP contribution >= 0.6 is 28.0 Å². The molecule has 0 aliphatic carbocycles. The first-order chi connectivity index (χ1) is 18.0. The van der Waals surface area contributed by atoms with Crippen molar-refractivity contribution in [1.82, 2.24) is 4.57 Å². The first-order valence-electron chi connectivity index (χ1n) is 13.2. The molecule has 0 spiro atoms. The zero-order valence-electron chi connectivity index (χ0n) is 20.5. The third-order valence-electron chi connectivity index (χ3n) is 10.9. The maximum absolute atomic E-state index is 14.1. The average Bonchev–Trinajstić information content (AvgIpc) is 3.49. The fraction of sp³-hybridized carbons (Fsp3) is 0.111. The van der Waals surface area contributed by atoms with E-state index in [-0.39, 0.29) is 12.1 Å². The third-order valence-corrected chi connectivity index (χ3v) is 20.7. The van der Waals surface area contributed by atoms with Crippen LogP contribution in [0.2, 0.25) is 0 Å². The van der Waals surface area contributed by atoms with E-state index in [4.69, 9.17) is 2.92 Å². The van der Waals surface area contributed by atoms with Crippen LogP contribution in [0, 0.1) is 0 Å². The van der Waals surface area contributed by atoms with Crippen molar-refractivity contribution < 1.29 is 2.86 Å². The summed E-state index contributed by atoms with van der Waals surface area (Å²) in [7, 11) is 2.47. The van der Waals surface area contributed by atoms with Crippen molar-refractivity contribution in [2.45, 2.75) is 19.3 Å². The van der Waals surface area contributed by atoms with Crippen molar-refractivity contribution in [2.75, 3.05) is 0 Å². The first kappa shape index (κ1) is 20.8. The molecule has 6 aliphatic rings. The molecule has 0 amide bonds. The van der Waals surface area contributed by atoms with Gasteiger partial charge in [0.05, 0.1) is 0 Å². The predicted molar refractivity (Wildman–Crippen MR) is 171 cm³/mol. The van der Waals surface area contributed by atoms with Gasteiger partial charge in [0.2, 0.25) is 0 Å².